The van der Waals surface area contributed by atoms with Gasteiger partial charge in [0, 0.05) is 18.1 Å². The largest absolute Gasteiger partial charge is 0.465 e. The molecule has 0 amide bonds. The minimum Gasteiger partial charge on any atom is -0.465 e. The zero-order valence-electron chi connectivity index (χ0n) is 10.1. The molecule has 20 heavy (non-hydrogen) atoms. The SMILES string of the molecule is O=C1OCC[C@@H]1Sc1n[nH]c(-c2cc(F)cc(F)c2)n1. The average molecular weight is 297 g/mol. The number of ether oxygens (including phenoxy) is 1. The Labute approximate surface area is 116 Å². The third kappa shape index (κ3) is 2.64. The fourth-order valence-corrected chi connectivity index (χ4v) is 2.71. The molecule has 1 N–H and O–H groups in total. The maximum atomic E-state index is 13.1. The Balaban J connectivity index is 1.81. The highest BCUT2D eigenvalue weighted by atomic mass is 32.2. The van der Waals surface area contributed by atoms with Crippen molar-refractivity contribution in [3.63, 3.8) is 0 Å². The minimum absolute atomic E-state index is 0.247. The molecule has 1 aromatic heterocycles. The first-order valence-electron chi connectivity index (χ1n) is 5.84. The molecular formula is C12H9F2N3O2S. The summed E-state index contributed by atoms with van der Waals surface area (Å²) in [6.45, 7) is 0.392. The standard InChI is InChI=1S/C12H9F2N3O2S/c13-7-3-6(4-8(14)5-7)10-15-12(17-16-10)20-9-1-2-19-11(9)18/h3-5,9H,1-2H2,(H,15,16,17)/t9-/m0/s1. The number of cyclic esters (lactones) is 1. The van der Waals surface area contributed by atoms with Crippen molar-refractivity contribution in [3.8, 4) is 11.4 Å². The summed E-state index contributed by atoms with van der Waals surface area (Å²) in [6, 6.07) is 3.09. The Bertz CT molecular complexity index is 642. The van der Waals surface area contributed by atoms with Crippen molar-refractivity contribution in [3.05, 3.63) is 29.8 Å². The van der Waals surface area contributed by atoms with E-state index >= 15 is 0 Å². The lowest BCUT2D eigenvalue weighted by molar-refractivity contribution is -0.137. The number of benzene rings is 1. The monoisotopic (exact) mass is 297 g/mol. The van der Waals surface area contributed by atoms with Crippen LogP contribution in [-0.2, 0) is 9.53 Å². The van der Waals surface area contributed by atoms with Crippen molar-refractivity contribution >= 4 is 17.7 Å². The van der Waals surface area contributed by atoms with Crippen molar-refractivity contribution in [2.75, 3.05) is 6.61 Å². The summed E-state index contributed by atoms with van der Waals surface area (Å²) in [5.41, 5.74) is 0.260. The summed E-state index contributed by atoms with van der Waals surface area (Å²) < 4.78 is 31.1. The van der Waals surface area contributed by atoms with Gasteiger partial charge in [-0.05, 0) is 12.1 Å². The van der Waals surface area contributed by atoms with Crippen LogP contribution in [0.2, 0.25) is 0 Å². The number of carbonyl (C=O) groups is 1. The number of thioether (sulfide) groups is 1. The first-order chi connectivity index (χ1) is 9.61. The van der Waals surface area contributed by atoms with Gasteiger partial charge < -0.3 is 4.74 Å². The van der Waals surface area contributed by atoms with Crippen molar-refractivity contribution < 1.29 is 18.3 Å². The maximum absolute atomic E-state index is 13.1. The fraction of sp³-hybridized carbons (Fsp3) is 0.250. The van der Waals surface area contributed by atoms with E-state index in [2.05, 4.69) is 15.2 Å². The smallest absolute Gasteiger partial charge is 0.319 e. The van der Waals surface area contributed by atoms with Crippen molar-refractivity contribution in [1.82, 2.24) is 15.2 Å². The molecule has 0 unspecified atom stereocenters. The molecule has 1 aliphatic rings. The Kier molecular flexibility index (Phi) is 3.39. The van der Waals surface area contributed by atoms with E-state index < -0.39 is 11.6 Å². The number of hydrogen-bond donors (Lipinski definition) is 1. The van der Waals surface area contributed by atoms with Gasteiger partial charge >= 0.3 is 5.97 Å². The fourth-order valence-electron chi connectivity index (χ4n) is 1.83. The molecule has 1 saturated heterocycles. The first-order valence-corrected chi connectivity index (χ1v) is 6.72. The number of nitrogens with zero attached hydrogens (tertiary/aromatic N) is 2. The molecule has 0 saturated carbocycles. The van der Waals surface area contributed by atoms with Crippen LogP contribution in [0.5, 0.6) is 0 Å². The van der Waals surface area contributed by atoms with Crippen LogP contribution in [0.15, 0.2) is 23.4 Å². The van der Waals surface area contributed by atoms with Gasteiger partial charge in [0.25, 0.3) is 0 Å². The second kappa shape index (κ2) is 5.20. The molecule has 0 bridgehead atoms. The molecule has 1 aliphatic heterocycles. The van der Waals surface area contributed by atoms with Crippen molar-refractivity contribution in [2.24, 2.45) is 0 Å². The number of aromatic amines is 1. The van der Waals surface area contributed by atoms with E-state index in [9.17, 15) is 13.6 Å². The Morgan fingerprint density at radius 3 is 2.70 bits per heavy atom. The van der Waals surface area contributed by atoms with Crippen LogP contribution in [0, 0.1) is 11.6 Å². The number of hydrogen-bond acceptors (Lipinski definition) is 5. The topological polar surface area (TPSA) is 67.9 Å². The highest BCUT2D eigenvalue weighted by molar-refractivity contribution is 8.00. The second-order valence-corrected chi connectivity index (χ2v) is 5.36. The van der Waals surface area contributed by atoms with Crippen LogP contribution in [0.3, 0.4) is 0 Å². The van der Waals surface area contributed by atoms with Crippen LogP contribution in [-0.4, -0.2) is 33.0 Å². The van der Waals surface area contributed by atoms with Gasteiger partial charge in [0.15, 0.2) is 5.82 Å². The average Bonchev–Trinajstić information content (AvgIpc) is 2.99. The molecule has 3 rings (SSSR count). The number of carbonyl (C=O) groups excluding carboxylic acids is 1. The highest BCUT2D eigenvalue weighted by Gasteiger charge is 2.28. The minimum atomic E-state index is -0.690. The number of rotatable bonds is 3. The molecule has 2 aromatic rings. The van der Waals surface area contributed by atoms with Gasteiger partial charge in [-0.2, -0.15) is 0 Å². The Morgan fingerprint density at radius 2 is 2.05 bits per heavy atom. The van der Waals surface area contributed by atoms with Gasteiger partial charge in [0.05, 0.1) is 6.61 Å². The summed E-state index contributed by atoms with van der Waals surface area (Å²) >= 11 is 1.17. The Hall–Kier alpha value is -1.96. The Morgan fingerprint density at radius 1 is 1.30 bits per heavy atom. The highest BCUT2D eigenvalue weighted by Crippen LogP contribution is 2.28. The molecule has 0 spiro atoms. The summed E-state index contributed by atoms with van der Waals surface area (Å²) in [4.78, 5) is 15.5. The summed E-state index contributed by atoms with van der Waals surface area (Å²) in [5, 5.41) is 6.53. The van der Waals surface area contributed by atoms with Crippen LogP contribution >= 0.6 is 11.8 Å². The molecule has 0 radical (unpaired) electrons. The molecule has 5 nitrogen and oxygen atoms in total. The van der Waals surface area contributed by atoms with Crippen LogP contribution in [0.1, 0.15) is 6.42 Å². The summed E-state index contributed by atoms with van der Waals surface area (Å²) in [5.74, 6) is -1.43. The second-order valence-electron chi connectivity index (χ2n) is 4.19. The number of halogens is 2. The zero-order valence-corrected chi connectivity index (χ0v) is 10.9. The van der Waals surface area contributed by atoms with E-state index in [4.69, 9.17) is 4.74 Å². The van der Waals surface area contributed by atoms with Crippen LogP contribution in [0.25, 0.3) is 11.4 Å². The normalized spacial score (nSPS) is 18.3. The third-order valence-electron chi connectivity index (χ3n) is 2.74. The molecule has 1 fully saturated rings. The summed E-state index contributed by atoms with van der Waals surface area (Å²) in [7, 11) is 0. The zero-order chi connectivity index (χ0) is 14.1. The van der Waals surface area contributed by atoms with Crippen molar-refractivity contribution in [1.29, 1.82) is 0 Å². The molecule has 2 heterocycles. The number of aromatic nitrogens is 3. The molecule has 0 aliphatic carbocycles. The maximum Gasteiger partial charge on any atom is 0.319 e. The lowest BCUT2D eigenvalue weighted by atomic mass is 10.2. The molecular weight excluding hydrogens is 288 g/mol. The van der Waals surface area contributed by atoms with E-state index in [1.807, 2.05) is 0 Å². The quantitative estimate of drug-likeness (QED) is 0.879. The lowest BCUT2D eigenvalue weighted by Gasteiger charge is -1.99. The van der Waals surface area contributed by atoms with E-state index in [0.29, 0.717) is 18.2 Å². The molecule has 1 aromatic carbocycles. The molecule has 1 atom stereocenters. The van der Waals surface area contributed by atoms with E-state index in [1.54, 1.807) is 0 Å². The number of nitrogens with one attached hydrogen (secondary N) is 1. The predicted octanol–water partition coefficient (Wildman–Crippen LogP) is 2.16. The lowest BCUT2D eigenvalue weighted by Crippen LogP contribution is -2.09. The van der Waals surface area contributed by atoms with Gasteiger partial charge in [-0.1, -0.05) is 11.8 Å². The van der Waals surface area contributed by atoms with Crippen LogP contribution in [0.4, 0.5) is 8.78 Å². The number of H-pyrrole nitrogens is 1. The predicted molar refractivity (Wildman–Crippen MR) is 67.0 cm³/mol. The van der Waals surface area contributed by atoms with Gasteiger partial charge in [-0.3, -0.25) is 9.89 Å². The van der Waals surface area contributed by atoms with E-state index in [-0.39, 0.29) is 22.6 Å². The van der Waals surface area contributed by atoms with Crippen molar-refractivity contribution in [2.45, 2.75) is 16.8 Å². The van der Waals surface area contributed by atoms with Gasteiger partial charge in [-0.25, -0.2) is 13.8 Å². The molecule has 8 heteroatoms. The van der Waals surface area contributed by atoms with Crippen LogP contribution < -0.4 is 0 Å². The third-order valence-corrected chi connectivity index (χ3v) is 3.84. The van der Waals surface area contributed by atoms with Gasteiger partial charge in [-0.15, -0.1) is 5.10 Å². The first kappa shape index (κ1) is 13.0. The molecule has 104 valence electrons. The van der Waals surface area contributed by atoms with E-state index in [1.165, 1.54) is 11.8 Å². The number of esters is 1. The van der Waals surface area contributed by atoms with Gasteiger partial charge in [0.1, 0.15) is 16.9 Å². The summed E-state index contributed by atoms with van der Waals surface area (Å²) in [6.07, 6.45) is 0.599. The van der Waals surface area contributed by atoms with Gasteiger partial charge in [0.2, 0.25) is 5.16 Å². The van der Waals surface area contributed by atoms with E-state index in [0.717, 1.165) is 18.2 Å².